The van der Waals surface area contributed by atoms with Gasteiger partial charge in [-0.3, -0.25) is 4.68 Å². The maximum absolute atomic E-state index is 4.34. The van der Waals surface area contributed by atoms with E-state index in [1.165, 1.54) is 38.5 Å². The van der Waals surface area contributed by atoms with Crippen molar-refractivity contribution in [2.45, 2.75) is 71.4 Å². The van der Waals surface area contributed by atoms with Crippen LogP contribution in [-0.2, 0) is 13.0 Å². The summed E-state index contributed by atoms with van der Waals surface area (Å²) in [5.74, 6) is 1.10. The number of hydrogen-bond donors (Lipinski definition) is 1. The van der Waals surface area contributed by atoms with Crippen LogP contribution in [0.1, 0.15) is 58.2 Å². The zero-order valence-corrected chi connectivity index (χ0v) is 12.2. The van der Waals surface area contributed by atoms with E-state index in [0.29, 0.717) is 6.04 Å². The van der Waals surface area contributed by atoms with Crippen molar-refractivity contribution in [2.24, 2.45) is 0 Å². The van der Waals surface area contributed by atoms with Crippen LogP contribution >= 0.6 is 0 Å². The molecule has 1 atom stereocenters. The molecule has 18 heavy (non-hydrogen) atoms. The van der Waals surface area contributed by atoms with Crippen molar-refractivity contribution in [3.05, 3.63) is 12.2 Å². The highest BCUT2D eigenvalue weighted by Crippen LogP contribution is 2.10. The third-order valence-electron chi connectivity index (χ3n) is 3.49. The lowest BCUT2D eigenvalue weighted by molar-refractivity contribution is 0.461. The third-order valence-corrected chi connectivity index (χ3v) is 3.49. The highest BCUT2D eigenvalue weighted by molar-refractivity contribution is 4.89. The number of nitrogens with zero attached hydrogens (tertiary/aromatic N) is 3. The molecule has 1 aromatic rings. The molecule has 0 spiro atoms. The Labute approximate surface area is 111 Å². The smallest absolute Gasteiger partial charge is 0.138 e. The zero-order chi connectivity index (χ0) is 13.2. The molecule has 0 amide bonds. The van der Waals surface area contributed by atoms with Crippen molar-refractivity contribution in [3.63, 3.8) is 0 Å². The summed E-state index contributed by atoms with van der Waals surface area (Å²) in [6, 6.07) is 0.529. The number of unbranched alkanes of at least 4 members (excludes halogenated alkanes) is 4. The maximum atomic E-state index is 4.34. The van der Waals surface area contributed by atoms with Crippen molar-refractivity contribution in [3.8, 4) is 0 Å². The highest BCUT2D eigenvalue weighted by Gasteiger charge is 2.11. The normalized spacial score (nSPS) is 12.8. The standard InChI is InChI=1S/C14H28N4/c1-4-6-7-8-9-10-13(15-3)11-14-16-12-17-18(14)5-2/h12-13,15H,4-11H2,1-3H3. The monoisotopic (exact) mass is 252 g/mol. The van der Waals surface area contributed by atoms with Gasteiger partial charge in [-0.05, 0) is 20.4 Å². The summed E-state index contributed by atoms with van der Waals surface area (Å²) in [6.07, 6.45) is 10.6. The fraction of sp³-hybridized carbons (Fsp3) is 0.857. The summed E-state index contributed by atoms with van der Waals surface area (Å²) in [5.41, 5.74) is 0. The second-order valence-corrected chi connectivity index (χ2v) is 4.88. The number of nitrogens with one attached hydrogen (secondary N) is 1. The van der Waals surface area contributed by atoms with Crippen molar-refractivity contribution in [2.75, 3.05) is 7.05 Å². The molecule has 0 fully saturated rings. The van der Waals surface area contributed by atoms with Gasteiger partial charge in [0.2, 0.25) is 0 Å². The molecule has 4 nitrogen and oxygen atoms in total. The fourth-order valence-corrected chi connectivity index (χ4v) is 2.27. The van der Waals surface area contributed by atoms with Crippen LogP contribution in [-0.4, -0.2) is 27.9 Å². The van der Waals surface area contributed by atoms with E-state index in [0.717, 1.165) is 18.8 Å². The Balaban J connectivity index is 2.29. The average Bonchev–Trinajstić information content (AvgIpc) is 2.84. The maximum Gasteiger partial charge on any atom is 0.138 e. The first-order valence-corrected chi connectivity index (χ1v) is 7.35. The fourth-order valence-electron chi connectivity index (χ4n) is 2.27. The molecule has 0 bridgehead atoms. The molecule has 104 valence electrons. The van der Waals surface area contributed by atoms with Gasteiger partial charge in [0, 0.05) is 19.0 Å². The number of rotatable bonds is 10. The molecule has 0 radical (unpaired) electrons. The molecule has 1 rings (SSSR count). The molecule has 1 N–H and O–H groups in total. The topological polar surface area (TPSA) is 42.7 Å². The van der Waals surface area contributed by atoms with Crippen LogP contribution in [0.25, 0.3) is 0 Å². The second kappa shape index (κ2) is 9.09. The molecular weight excluding hydrogens is 224 g/mol. The van der Waals surface area contributed by atoms with Gasteiger partial charge in [0.05, 0.1) is 0 Å². The molecule has 1 heterocycles. The summed E-state index contributed by atoms with van der Waals surface area (Å²) in [7, 11) is 2.05. The van der Waals surface area contributed by atoms with Gasteiger partial charge in [-0.2, -0.15) is 5.10 Å². The Kier molecular flexibility index (Phi) is 7.65. The Morgan fingerprint density at radius 1 is 1.22 bits per heavy atom. The molecule has 4 heteroatoms. The Bertz CT molecular complexity index is 308. The lowest BCUT2D eigenvalue weighted by Crippen LogP contribution is -2.29. The largest absolute Gasteiger partial charge is 0.317 e. The molecule has 0 aromatic carbocycles. The summed E-state index contributed by atoms with van der Waals surface area (Å²) >= 11 is 0. The van der Waals surface area contributed by atoms with Crippen molar-refractivity contribution < 1.29 is 0 Å². The summed E-state index contributed by atoms with van der Waals surface area (Å²) in [4.78, 5) is 4.34. The van der Waals surface area contributed by atoms with Crippen LogP contribution in [0.5, 0.6) is 0 Å². The van der Waals surface area contributed by atoms with E-state index in [1.807, 2.05) is 11.7 Å². The van der Waals surface area contributed by atoms with E-state index >= 15 is 0 Å². The average molecular weight is 252 g/mol. The van der Waals surface area contributed by atoms with Crippen LogP contribution < -0.4 is 5.32 Å². The predicted octanol–water partition coefficient (Wildman–Crippen LogP) is 2.79. The third kappa shape index (κ3) is 5.17. The summed E-state index contributed by atoms with van der Waals surface area (Å²) in [5, 5.41) is 7.62. The minimum atomic E-state index is 0.529. The number of likely N-dealkylation sites (N-methyl/N-ethyl adjacent to an activating group) is 1. The first kappa shape index (κ1) is 15.2. The lowest BCUT2D eigenvalue weighted by atomic mass is 10.0. The van der Waals surface area contributed by atoms with Gasteiger partial charge in [-0.15, -0.1) is 0 Å². The van der Waals surface area contributed by atoms with Gasteiger partial charge in [0.15, 0.2) is 0 Å². The van der Waals surface area contributed by atoms with E-state index in [9.17, 15) is 0 Å². The molecule has 0 aliphatic carbocycles. The van der Waals surface area contributed by atoms with Gasteiger partial charge >= 0.3 is 0 Å². The number of hydrogen-bond acceptors (Lipinski definition) is 3. The number of aryl methyl sites for hydroxylation is 1. The van der Waals surface area contributed by atoms with Gasteiger partial charge in [-0.1, -0.05) is 39.0 Å². The lowest BCUT2D eigenvalue weighted by Gasteiger charge is -2.15. The molecular formula is C14H28N4. The van der Waals surface area contributed by atoms with Crippen LogP contribution in [0.2, 0.25) is 0 Å². The predicted molar refractivity (Wildman–Crippen MR) is 75.6 cm³/mol. The van der Waals surface area contributed by atoms with E-state index in [4.69, 9.17) is 0 Å². The minimum Gasteiger partial charge on any atom is -0.317 e. The molecule has 0 saturated heterocycles. The van der Waals surface area contributed by atoms with E-state index in [2.05, 4.69) is 29.2 Å². The van der Waals surface area contributed by atoms with Crippen LogP contribution in [0.4, 0.5) is 0 Å². The molecule has 0 saturated carbocycles. The quantitative estimate of drug-likeness (QED) is 0.651. The van der Waals surface area contributed by atoms with Crippen LogP contribution in [0, 0.1) is 0 Å². The molecule has 1 unspecified atom stereocenters. The molecule has 0 aliphatic rings. The van der Waals surface area contributed by atoms with E-state index in [1.54, 1.807) is 6.33 Å². The molecule has 0 aliphatic heterocycles. The van der Waals surface area contributed by atoms with Crippen molar-refractivity contribution in [1.82, 2.24) is 20.1 Å². The first-order valence-electron chi connectivity index (χ1n) is 7.35. The van der Waals surface area contributed by atoms with Gasteiger partial charge in [0.25, 0.3) is 0 Å². The van der Waals surface area contributed by atoms with Crippen LogP contribution in [0.15, 0.2) is 6.33 Å². The zero-order valence-electron chi connectivity index (χ0n) is 12.2. The van der Waals surface area contributed by atoms with Gasteiger partial charge in [-0.25, -0.2) is 4.98 Å². The Morgan fingerprint density at radius 2 is 2.00 bits per heavy atom. The first-order chi connectivity index (χ1) is 8.81. The number of aromatic nitrogens is 3. The Morgan fingerprint density at radius 3 is 2.67 bits per heavy atom. The summed E-state index contributed by atoms with van der Waals surface area (Å²) < 4.78 is 1.99. The van der Waals surface area contributed by atoms with E-state index < -0.39 is 0 Å². The Hall–Kier alpha value is -0.900. The minimum absolute atomic E-state index is 0.529. The van der Waals surface area contributed by atoms with Gasteiger partial charge < -0.3 is 5.32 Å². The van der Waals surface area contributed by atoms with Crippen molar-refractivity contribution in [1.29, 1.82) is 0 Å². The molecule has 1 aromatic heterocycles. The summed E-state index contributed by atoms with van der Waals surface area (Å²) in [6.45, 7) is 5.27. The van der Waals surface area contributed by atoms with Crippen molar-refractivity contribution >= 4 is 0 Å². The van der Waals surface area contributed by atoms with Crippen LogP contribution in [0.3, 0.4) is 0 Å². The highest BCUT2D eigenvalue weighted by atomic mass is 15.3. The SMILES string of the molecule is CCCCCCCC(Cc1ncnn1CC)NC. The van der Waals surface area contributed by atoms with Gasteiger partial charge in [0.1, 0.15) is 12.2 Å². The second-order valence-electron chi connectivity index (χ2n) is 4.88. The van der Waals surface area contributed by atoms with E-state index in [-0.39, 0.29) is 0 Å².